The van der Waals surface area contributed by atoms with Gasteiger partial charge in [0.25, 0.3) is 0 Å². The number of fused-ring (bicyclic) bond motifs is 1. The summed E-state index contributed by atoms with van der Waals surface area (Å²) in [6.07, 6.45) is 3.77. The standard InChI is InChI=1S/C15H17NO2/c1-11-9-15(16-7-3-2-4-8-16)18-14-10-12(17)5-6-13(11)14/h5-6,9-10H,2-4,7-8H2,1H3/p+1. The predicted molar refractivity (Wildman–Crippen MR) is 71.5 cm³/mol. The largest absolute Gasteiger partial charge is 0.508 e. The Hall–Kier alpha value is -1.77. The van der Waals surface area contributed by atoms with Gasteiger partial charge >= 0.3 is 5.55 Å². The molecule has 18 heavy (non-hydrogen) atoms. The third-order valence-corrected chi connectivity index (χ3v) is 3.61. The Bertz CT molecular complexity index is 647. The van der Waals surface area contributed by atoms with E-state index in [1.165, 1.54) is 24.8 Å². The lowest BCUT2D eigenvalue weighted by Crippen LogP contribution is -2.34. The summed E-state index contributed by atoms with van der Waals surface area (Å²) in [6.45, 7) is 4.21. The SMILES string of the molecule is Cc1cc(=[N+]2CCCCC2)oc2cc(O)ccc12. The van der Waals surface area contributed by atoms with E-state index in [0.29, 0.717) is 0 Å². The Morgan fingerprint density at radius 3 is 2.67 bits per heavy atom. The van der Waals surface area contributed by atoms with Crippen LogP contribution in [0.4, 0.5) is 0 Å². The van der Waals surface area contributed by atoms with Gasteiger partial charge in [-0.3, -0.25) is 0 Å². The molecule has 0 unspecified atom stereocenters. The molecule has 3 heteroatoms. The van der Waals surface area contributed by atoms with Gasteiger partial charge in [-0.2, -0.15) is 4.58 Å². The van der Waals surface area contributed by atoms with Crippen LogP contribution < -0.4 is 10.1 Å². The number of nitrogens with zero attached hydrogens (tertiary/aromatic N) is 1. The summed E-state index contributed by atoms with van der Waals surface area (Å²) in [5, 5.41) is 10.6. The van der Waals surface area contributed by atoms with Crippen LogP contribution in [-0.4, -0.2) is 18.2 Å². The molecule has 0 amide bonds. The average molecular weight is 244 g/mol. The van der Waals surface area contributed by atoms with Gasteiger partial charge in [-0.15, -0.1) is 0 Å². The number of phenolic OH excluding ortho intramolecular Hbond substituents is 1. The van der Waals surface area contributed by atoms with Crippen molar-refractivity contribution in [2.24, 2.45) is 0 Å². The molecule has 0 atom stereocenters. The Morgan fingerprint density at radius 1 is 1.11 bits per heavy atom. The fourth-order valence-corrected chi connectivity index (χ4v) is 2.60. The lowest BCUT2D eigenvalue weighted by molar-refractivity contribution is 0.386. The summed E-state index contributed by atoms with van der Waals surface area (Å²) in [5.74, 6) is 0.251. The maximum absolute atomic E-state index is 9.55. The first-order valence-corrected chi connectivity index (χ1v) is 6.55. The quantitative estimate of drug-likeness (QED) is 0.722. The fourth-order valence-electron chi connectivity index (χ4n) is 2.60. The minimum Gasteiger partial charge on any atom is -0.508 e. The first kappa shape index (κ1) is 11.3. The van der Waals surface area contributed by atoms with Crippen LogP contribution in [0.1, 0.15) is 24.8 Å². The highest BCUT2D eigenvalue weighted by molar-refractivity contribution is 5.81. The number of aryl methyl sites for hydroxylation is 1. The number of hydrogen-bond acceptors (Lipinski definition) is 2. The van der Waals surface area contributed by atoms with E-state index >= 15 is 0 Å². The van der Waals surface area contributed by atoms with Crippen LogP contribution in [0.5, 0.6) is 5.75 Å². The van der Waals surface area contributed by atoms with Gasteiger partial charge in [0.05, 0.1) is 6.07 Å². The second-order valence-electron chi connectivity index (χ2n) is 5.00. The molecule has 0 spiro atoms. The summed E-state index contributed by atoms with van der Waals surface area (Å²) in [4.78, 5) is 0. The van der Waals surface area contributed by atoms with Crippen LogP contribution in [0.15, 0.2) is 28.7 Å². The van der Waals surface area contributed by atoms with Crippen LogP contribution >= 0.6 is 0 Å². The van der Waals surface area contributed by atoms with Gasteiger partial charge in [0.2, 0.25) is 0 Å². The Balaban J connectivity index is 2.25. The van der Waals surface area contributed by atoms with Gasteiger partial charge in [0.15, 0.2) is 0 Å². The average Bonchev–Trinajstić information content (AvgIpc) is 2.39. The zero-order chi connectivity index (χ0) is 12.5. The van der Waals surface area contributed by atoms with E-state index in [4.69, 9.17) is 4.42 Å². The fraction of sp³-hybridized carbons (Fsp3) is 0.400. The number of benzene rings is 1. The maximum Gasteiger partial charge on any atom is 0.368 e. The summed E-state index contributed by atoms with van der Waals surface area (Å²) in [7, 11) is 0. The molecule has 0 aliphatic carbocycles. The van der Waals surface area contributed by atoms with Gasteiger partial charge in [-0.25, -0.2) is 0 Å². The van der Waals surface area contributed by atoms with E-state index in [2.05, 4.69) is 17.6 Å². The van der Waals surface area contributed by atoms with Crippen molar-refractivity contribution in [2.75, 3.05) is 13.1 Å². The van der Waals surface area contributed by atoms with E-state index in [-0.39, 0.29) is 5.75 Å². The van der Waals surface area contributed by atoms with Crippen LogP contribution in [0.2, 0.25) is 0 Å². The summed E-state index contributed by atoms with van der Waals surface area (Å²) < 4.78 is 8.22. The van der Waals surface area contributed by atoms with Crippen LogP contribution in [0.3, 0.4) is 0 Å². The highest BCUT2D eigenvalue weighted by Crippen LogP contribution is 2.20. The zero-order valence-electron chi connectivity index (χ0n) is 10.6. The third-order valence-electron chi connectivity index (χ3n) is 3.61. The van der Waals surface area contributed by atoms with Crippen molar-refractivity contribution in [3.8, 4) is 5.75 Å². The van der Waals surface area contributed by atoms with Gasteiger partial charge < -0.3 is 9.52 Å². The van der Waals surface area contributed by atoms with Crippen molar-refractivity contribution in [3.05, 3.63) is 35.4 Å². The normalized spacial score (nSPS) is 16.2. The van der Waals surface area contributed by atoms with E-state index in [0.717, 1.165) is 29.6 Å². The second kappa shape index (κ2) is 4.48. The molecule has 3 nitrogen and oxygen atoms in total. The zero-order valence-corrected chi connectivity index (χ0v) is 10.6. The molecule has 1 aromatic heterocycles. The monoisotopic (exact) mass is 244 g/mol. The van der Waals surface area contributed by atoms with Gasteiger partial charge in [-0.05, 0) is 31.0 Å². The molecular formula is C15H18NO2+. The lowest BCUT2D eigenvalue weighted by Gasteiger charge is -2.09. The molecule has 0 saturated carbocycles. The second-order valence-corrected chi connectivity index (χ2v) is 5.00. The number of aromatic hydroxyl groups is 1. The van der Waals surface area contributed by atoms with E-state index in [1.807, 2.05) is 6.07 Å². The van der Waals surface area contributed by atoms with Gasteiger partial charge in [-0.1, -0.05) is 0 Å². The molecular weight excluding hydrogens is 226 g/mol. The molecule has 1 aliphatic rings. The number of rotatable bonds is 0. The molecule has 3 rings (SSSR count). The van der Waals surface area contributed by atoms with Gasteiger partial charge in [0, 0.05) is 24.3 Å². The molecule has 2 heterocycles. The molecule has 1 aromatic carbocycles. The number of piperidine rings is 1. The first-order valence-electron chi connectivity index (χ1n) is 6.55. The van der Waals surface area contributed by atoms with Crippen LogP contribution in [0.25, 0.3) is 11.0 Å². The molecule has 2 aromatic rings. The van der Waals surface area contributed by atoms with E-state index in [9.17, 15) is 5.11 Å². The maximum atomic E-state index is 9.55. The molecule has 0 bridgehead atoms. The summed E-state index contributed by atoms with van der Waals surface area (Å²) >= 11 is 0. The number of phenols is 1. The Morgan fingerprint density at radius 2 is 1.89 bits per heavy atom. The number of hydrogen-bond donors (Lipinski definition) is 1. The van der Waals surface area contributed by atoms with Crippen molar-refractivity contribution < 1.29 is 9.52 Å². The molecule has 1 saturated heterocycles. The lowest BCUT2D eigenvalue weighted by atomic mass is 10.1. The van der Waals surface area contributed by atoms with E-state index < -0.39 is 0 Å². The van der Waals surface area contributed by atoms with Crippen molar-refractivity contribution >= 4 is 11.0 Å². The van der Waals surface area contributed by atoms with Crippen molar-refractivity contribution in [2.45, 2.75) is 26.2 Å². The molecule has 94 valence electrons. The molecule has 1 N–H and O–H groups in total. The Kier molecular flexibility index (Phi) is 2.82. The summed E-state index contributed by atoms with van der Waals surface area (Å²) in [6, 6.07) is 7.40. The smallest absolute Gasteiger partial charge is 0.368 e. The Labute approximate surface area is 106 Å². The highest BCUT2D eigenvalue weighted by atomic mass is 16.3. The van der Waals surface area contributed by atoms with Crippen molar-refractivity contribution in [1.29, 1.82) is 0 Å². The van der Waals surface area contributed by atoms with Crippen LogP contribution in [0, 0.1) is 6.92 Å². The third kappa shape index (κ3) is 2.01. The summed E-state index contributed by atoms with van der Waals surface area (Å²) in [5.41, 5.74) is 2.87. The van der Waals surface area contributed by atoms with Crippen molar-refractivity contribution in [1.82, 2.24) is 4.58 Å². The molecule has 1 aliphatic heterocycles. The highest BCUT2D eigenvalue weighted by Gasteiger charge is 2.14. The van der Waals surface area contributed by atoms with Crippen LogP contribution in [-0.2, 0) is 0 Å². The van der Waals surface area contributed by atoms with Crippen molar-refractivity contribution in [3.63, 3.8) is 0 Å². The molecule has 0 radical (unpaired) electrons. The first-order chi connectivity index (χ1) is 8.74. The van der Waals surface area contributed by atoms with Gasteiger partial charge in [0.1, 0.15) is 24.4 Å². The minimum absolute atomic E-state index is 0.251. The topological polar surface area (TPSA) is 36.4 Å². The minimum atomic E-state index is 0.251. The van der Waals surface area contributed by atoms with E-state index in [1.54, 1.807) is 12.1 Å². The molecule has 1 fully saturated rings. The predicted octanol–water partition coefficient (Wildman–Crippen LogP) is 2.40.